The fourth-order valence-corrected chi connectivity index (χ4v) is 7.49. The number of hydrogen-bond donors (Lipinski definition) is 10. The van der Waals surface area contributed by atoms with Crippen LogP contribution in [0.3, 0.4) is 0 Å². The minimum absolute atomic E-state index is 0.0106. The van der Waals surface area contributed by atoms with Crippen LogP contribution in [-0.4, -0.2) is 130 Å². The lowest BCUT2D eigenvalue weighted by Crippen LogP contribution is -2.70. The van der Waals surface area contributed by atoms with Crippen molar-refractivity contribution in [3.63, 3.8) is 0 Å². The molecule has 4 aliphatic rings. The Labute approximate surface area is 302 Å². The third kappa shape index (κ3) is 6.33. The Morgan fingerprint density at radius 1 is 0.925 bits per heavy atom. The van der Waals surface area contributed by atoms with Crippen LogP contribution in [-0.2, 0) is 16.0 Å². The summed E-state index contributed by atoms with van der Waals surface area (Å²) in [6.45, 7) is -2.04. The number of ether oxygens (including phenoxy) is 3. The molecule has 7 rings (SSSR count). The summed E-state index contributed by atoms with van der Waals surface area (Å²) < 4.78 is 18.2. The van der Waals surface area contributed by atoms with Gasteiger partial charge in [0, 0.05) is 47.4 Å². The van der Waals surface area contributed by atoms with Gasteiger partial charge in [-0.3, -0.25) is 30.8 Å². The lowest BCUT2D eigenvalue weighted by molar-refractivity contribution is -0.323. The standard InChI is InChI=1S/C36H41N5O12/c37-35-39-32-25(33(49)40-35)38-16-41(32)22-8-4-1-5-17(22)13-18-14-21-24(27(46)20-7-3-2-6-19(20)26(21)45)30(51-12-11-43)29(18)53-34-36(50,9-10-42)31(48)28(47)23(15-44)52-34/h1-8,14,23,25,28,31-32,34-35,38-39,42-44,47-48,50H,9-13,15-16,37H2,(H,40,49)/t23-,25+,28-,31+,32+,34+,35+,36-/m0/s1. The molecule has 0 aromatic heterocycles. The predicted molar refractivity (Wildman–Crippen MR) is 184 cm³/mol. The van der Waals surface area contributed by atoms with Crippen molar-refractivity contribution >= 4 is 23.2 Å². The van der Waals surface area contributed by atoms with E-state index in [9.17, 15) is 45.0 Å². The average Bonchev–Trinajstić information content (AvgIpc) is 3.58. The lowest BCUT2D eigenvalue weighted by Gasteiger charge is -2.47. The van der Waals surface area contributed by atoms with Crippen LogP contribution >= 0.6 is 0 Å². The number of benzene rings is 3. The van der Waals surface area contributed by atoms with Crippen molar-refractivity contribution in [2.75, 3.05) is 38.0 Å². The molecule has 3 heterocycles. The molecular formula is C36H41N5O12. The molecule has 3 aromatic rings. The van der Waals surface area contributed by atoms with Crippen LogP contribution in [0.4, 0.5) is 5.69 Å². The van der Waals surface area contributed by atoms with Gasteiger partial charge in [-0.1, -0.05) is 42.5 Å². The van der Waals surface area contributed by atoms with Crippen LogP contribution in [0.25, 0.3) is 0 Å². The number of aliphatic hydroxyl groups is 6. The van der Waals surface area contributed by atoms with Crippen LogP contribution in [0.2, 0.25) is 0 Å². The second-order valence-corrected chi connectivity index (χ2v) is 13.3. The van der Waals surface area contributed by atoms with Crippen molar-refractivity contribution in [3.8, 4) is 11.5 Å². The molecule has 0 bridgehead atoms. The summed E-state index contributed by atoms with van der Waals surface area (Å²) >= 11 is 0. The van der Waals surface area contributed by atoms with E-state index in [-0.39, 0.29) is 64.9 Å². The minimum atomic E-state index is -2.45. The molecule has 0 saturated carbocycles. The highest BCUT2D eigenvalue weighted by Crippen LogP contribution is 2.46. The minimum Gasteiger partial charge on any atom is -0.486 e. The zero-order valence-electron chi connectivity index (χ0n) is 28.3. The molecule has 8 atom stereocenters. The number of rotatable bonds is 11. The number of hydrogen-bond acceptors (Lipinski definition) is 16. The number of fused-ring (bicyclic) bond motifs is 3. The van der Waals surface area contributed by atoms with Gasteiger partial charge in [0.1, 0.15) is 43.4 Å². The lowest BCUT2D eigenvalue weighted by atomic mass is 9.81. The van der Waals surface area contributed by atoms with Gasteiger partial charge in [0.15, 0.2) is 28.7 Å². The number of carbonyl (C=O) groups is 3. The first kappa shape index (κ1) is 36.8. The SMILES string of the molecule is N[C@H]1NC(=O)[C@@H]2NCN(c3ccccc3Cc3cc4c(c(OCCO)c3O[C@H]3O[C@@H](CO)[C@H](O)[C@@H](O)[C@@]3(O)CCO)C(=O)c3ccccc3C4=O)[C@H]2N1. The maximum atomic E-state index is 14.2. The van der Waals surface area contributed by atoms with E-state index in [2.05, 4.69) is 16.0 Å². The molecule has 11 N–H and O–H groups in total. The Hall–Kier alpha value is -4.53. The zero-order chi connectivity index (χ0) is 37.6. The average molecular weight is 736 g/mol. The fraction of sp³-hybridized carbons (Fsp3) is 0.417. The Morgan fingerprint density at radius 2 is 1.64 bits per heavy atom. The van der Waals surface area contributed by atoms with Crippen LogP contribution < -0.4 is 36.1 Å². The Balaban J connectivity index is 1.40. The number of nitrogens with zero attached hydrogens (tertiary/aromatic N) is 1. The highest BCUT2D eigenvalue weighted by atomic mass is 16.7. The van der Waals surface area contributed by atoms with Crippen molar-refractivity contribution in [1.82, 2.24) is 16.0 Å². The van der Waals surface area contributed by atoms with Crippen molar-refractivity contribution in [2.24, 2.45) is 5.73 Å². The van der Waals surface area contributed by atoms with Crippen LogP contribution in [0.15, 0.2) is 54.6 Å². The number of para-hydroxylation sites is 1. The Kier molecular flexibility index (Phi) is 10.2. The molecule has 1 amide bonds. The van der Waals surface area contributed by atoms with Crippen molar-refractivity contribution in [1.29, 1.82) is 0 Å². The van der Waals surface area contributed by atoms with E-state index in [0.717, 1.165) is 0 Å². The van der Waals surface area contributed by atoms with Gasteiger partial charge in [-0.25, -0.2) is 0 Å². The molecule has 0 spiro atoms. The van der Waals surface area contributed by atoms with Gasteiger partial charge in [-0.05, 0) is 17.7 Å². The molecule has 17 heteroatoms. The van der Waals surface area contributed by atoms with E-state index in [1.807, 2.05) is 17.0 Å². The van der Waals surface area contributed by atoms with Crippen LogP contribution in [0.5, 0.6) is 11.5 Å². The second-order valence-electron chi connectivity index (χ2n) is 13.3. The number of amides is 1. The summed E-state index contributed by atoms with van der Waals surface area (Å²) in [7, 11) is 0. The van der Waals surface area contributed by atoms with E-state index in [1.165, 1.54) is 18.2 Å². The molecule has 3 aromatic carbocycles. The third-order valence-electron chi connectivity index (χ3n) is 10.1. The summed E-state index contributed by atoms with van der Waals surface area (Å²) in [6.07, 6.45) is -8.93. The van der Waals surface area contributed by atoms with E-state index in [1.54, 1.807) is 24.3 Å². The largest absolute Gasteiger partial charge is 0.486 e. The molecule has 53 heavy (non-hydrogen) atoms. The number of nitrogens with two attached hydrogens (primary N) is 1. The van der Waals surface area contributed by atoms with Gasteiger partial charge in [0.25, 0.3) is 0 Å². The molecular weight excluding hydrogens is 694 g/mol. The van der Waals surface area contributed by atoms with Gasteiger partial charge in [-0.2, -0.15) is 0 Å². The number of carbonyl (C=O) groups excluding carboxylic acids is 3. The maximum absolute atomic E-state index is 14.2. The number of anilines is 1. The number of ketones is 2. The summed E-state index contributed by atoms with van der Waals surface area (Å²) in [5.41, 5.74) is 5.25. The highest BCUT2D eigenvalue weighted by molar-refractivity contribution is 6.29. The number of nitrogens with one attached hydrogen (secondary N) is 3. The highest BCUT2D eigenvalue weighted by Gasteiger charge is 2.56. The van der Waals surface area contributed by atoms with E-state index >= 15 is 0 Å². The smallest absolute Gasteiger partial charge is 0.242 e. The summed E-state index contributed by atoms with van der Waals surface area (Å²) in [5, 5.41) is 72.2. The third-order valence-corrected chi connectivity index (χ3v) is 10.1. The molecule has 3 fully saturated rings. The summed E-state index contributed by atoms with van der Waals surface area (Å²) in [5.74, 6) is -1.80. The predicted octanol–water partition coefficient (Wildman–Crippen LogP) is -2.62. The van der Waals surface area contributed by atoms with Gasteiger partial charge < -0.3 is 55.1 Å². The molecule has 0 unspecified atom stereocenters. The van der Waals surface area contributed by atoms with Crippen LogP contribution in [0, 0.1) is 0 Å². The van der Waals surface area contributed by atoms with Crippen molar-refractivity contribution in [2.45, 2.75) is 61.5 Å². The van der Waals surface area contributed by atoms with E-state index < -0.39 is 86.5 Å². The molecule has 3 aliphatic heterocycles. The Morgan fingerprint density at radius 3 is 2.36 bits per heavy atom. The van der Waals surface area contributed by atoms with E-state index in [4.69, 9.17) is 19.9 Å². The zero-order valence-corrected chi connectivity index (χ0v) is 28.3. The van der Waals surface area contributed by atoms with Crippen molar-refractivity contribution in [3.05, 3.63) is 88.0 Å². The first-order chi connectivity index (χ1) is 25.5. The molecule has 3 saturated heterocycles. The van der Waals surface area contributed by atoms with Gasteiger partial charge in [-0.15, -0.1) is 0 Å². The van der Waals surface area contributed by atoms with Gasteiger partial charge in [0.2, 0.25) is 12.2 Å². The molecule has 0 radical (unpaired) electrons. The summed E-state index contributed by atoms with van der Waals surface area (Å²) in [4.78, 5) is 42.9. The first-order valence-electron chi connectivity index (χ1n) is 17.2. The molecule has 17 nitrogen and oxygen atoms in total. The topological polar surface area (TPSA) is 266 Å². The monoisotopic (exact) mass is 735 g/mol. The van der Waals surface area contributed by atoms with E-state index in [0.29, 0.717) is 11.3 Å². The fourth-order valence-electron chi connectivity index (χ4n) is 7.49. The van der Waals surface area contributed by atoms with Crippen molar-refractivity contribution < 1.29 is 59.2 Å². The molecule has 282 valence electrons. The second kappa shape index (κ2) is 14.7. The maximum Gasteiger partial charge on any atom is 0.242 e. The first-order valence-corrected chi connectivity index (χ1v) is 17.2. The van der Waals surface area contributed by atoms with Gasteiger partial charge >= 0.3 is 0 Å². The summed E-state index contributed by atoms with van der Waals surface area (Å²) in [6, 6.07) is 14.4. The van der Waals surface area contributed by atoms with Crippen LogP contribution in [0.1, 0.15) is 49.4 Å². The normalized spacial score (nSPS) is 29.3. The van der Waals surface area contributed by atoms with Gasteiger partial charge in [0.05, 0.1) is 25.4 Å². The molecule has 1 aliphatic carbocycles. The number of aliphatic hydroxyl groups excluding tert-OH is 5. The Bertz CT molecular complexity index is 1910. The quantitative estimate of drug-likeness (QED) is 0.0756.